The van der Waals surface area contributed by atoms with E-state index in [2.05, 4.69) is 61.2 Å². The molecule has 19 heavy (non-hydrogen) atoms. The first kappa shape index (κ1) is 13.6. The molecule has 2 N–H and O–H groups in total. The molecule has 0 radical (unpaired) electrons. The molecule has 2 nitrogen and oxygen atoms in total. The summed E-state index contributed by atoms with van der Waals surface area (Å²) in [6.45, 7) is 6.80. The van der Waals surface area contributed by atoms with Crippen molar-refractivity contribution in [2.45, 2.75) is 26.9 Å². The minimum atomic E-state index is 0.599. The Kier molecular flexibility index (Phi) is 4.58. The molecular weight excluding hydrogens is 232 g/mol. The van der Waals surface area contributed by atoms with Crippen molar-refractivity contribution in [1.29, 1.82) is 0 Å². The Labute approximate surface area is 115 Å². The maximum Gasteiger partial charge on any atom is 0.0432 e. The second kappa shape index (κ2) is 6.39. The molecule has 0 heterocycles. The number of hydrogen-bond donors (Lipinski definition) is 1. The molecular formula is C17H22N2. The van der Waals surface area contributed by atoms with Gasteiger partial charge in [-0.05, 0) is 37.1 Å². The summed E-state index contributed by atoms with van der Waals surface area (Å²) in [4.78, 5) is 2.37. The average molecular weight is 254 g/mol. The van der Waals surface area contributed by atoms with Crippen LogP contribution >= 0.6 is 0 Å². The van der Waals surface area contributed by atoms with Crippen LogP contribution in [0.3, 0.4) is 0 Å². The quantitative estimate of drug-likeness (QED) is 0.885. The minimum Gasteiger partial charge on any atom is -0.367 e. The Morgan fingerprint density at radius 2 is 1.58 bits per heavy atom. The number of anilines is 1. The lowest BCUT2D eigenvalue weighted by molar-refractivity contribution is 0.819. The molecule has 0 atom stereocenters. The molecule has 0 aliphatic heterocycles. The van der Waals surface area contributed by atoms with E-state index >= 15 is 0 Å². The zero-order valence-corrected chi connectivity index (χ0v) is 11.8. The van der Waals surface area contributed by atoms with E-state index < -0.39 is 0 Å². The molecule has 2 aromatic rings. The van der Waals surface area contributed by atoms with Gasteiger partial charge in [-0.1, -0.05) is 42.0 Å². The van der Waals surface area contributed by atoms with E-state index in [1.54, 1.807) is 0 Å². The van der Waals surface area contributed by atoms with Crippen molar-refractivity contribution in [2.24, 2.45) is 5.73 Å². The van der Waals surface area contributed by atoms with Crippen LogP contribution in [0.4, 0.5) is 5.69 Å². The van der Waals surface area contributed by atoms with Crippen LogP contribution in [0.1, 0.15) is 23.6 Å². The summed E-state index contributed by atoms with van der Waals surface area (Å²) in [6, 6.07) is 17.1. The highest BCUT2D eigenvalue weighted by Crippen LogP contribution is 2.19. The lowest BCUT2D eigenvalue weighted by atomic mass is 10.1. The maximum atomic E-state index is 5.81. The van der Waals surface area contributed by atoms with Gasteiger partial charge in [0.2, 0.25) is 0 Å². The SMILES string of the molecule is CCN(Cc1ccccc1CN)c1ccc(C)cc1. The van der Waals surface area contributed by atoms with Gasteiger partial charge in [0.05, 0.1) is 0 Å². The fraction of sp³-hybridized carbons (Fsp3) is 0.294. The molecule has 0 fully saturated rings. The predicted molar refractivity (Wildman–Crippen MR) is 82.2 cm³/mol. The molecule has 2 heteroatoms. The molecule has 0 saturated carbocycles. The summed E-state index contributed by atoms with van der Waals surface area (Å²) in [5, 5.41) is 0. The molecule has 0 unspecified atom stereocenters. The molecule has 0 amide bonds. The number of nitrogens with two attached hydrogens (primary N) is 1. The van der Waals surface area contributed by atoms with Gasteiger partial charge >= 0.3 is 0 Å². The summed E-state index contributed by atoms with van der Waals surface area (Å²) in [5.74, 6) is 0. The zero-order valence-electron chi connectivity index (χ0n) is 11.8. The van der Waals surface area contributed by atoms with Crippen LogP contribution in [0.5, 0.6) is 0 Å². The molecule has 0 saturated heterocycles. The van der Waals surface area contributed by atoms with E-state index in [9.17, 15) is 0 Å². The summed E-state index contributed by atoms with van der Waals surface area (Å²) in [7, 11) is 0. The average Bonchev–Trinajstić information content (AvgIpc) is 2.46. The topological polar surface area (TPSA) is 29.3 Å². The standard InChI is InChI=1S/C17H22N2/c1-3-19(17-10-8-14(2)9-11-17)13-16-7-5-4-6-15(16)12-18/h4-11H,3,12-13,18H2,1-2H3. The summed E-state index contributed by atoms with van der Waals surface area (Å²) >= 11 is 0. The number of nitrogens with zero attached hydrogens (tertiary/aromatic N) is 1. The number of benzene rings is 2. The Bertz CT molecular complexity index is 517. The van der Waals surface area contributed by atoms with Crippen molar-refractivity contribution in [3.05, 3.63) is 65.2 Å². The molecule has 100 valence electrons. The summed E-state index contributed by atoms with van der Waals surface area (Å²) < 4.78 is 0. The fourth-order valence-electron chi connectivity index (χ4n) is 2.26. The summed E-state index contributed by atoms with van der Waals surface area (Å²) in [5.41, 5.74) is 10.9. The molecule has 0 aliphatic carbocycles. The second-order valence-corrected chi connectivity index (χ2v) is 4.82. The molecule has 0 aliphatic rings. The Morgan fingerprint density at radius 3 is 2.16 bits per heavy atom. The third-order valence-electron chi connectivity index (χ3n) is 3.48. The van der Waals surface area contributed by atoms with Gasteiger partial charge in [-0.15, -0.1) is 0 Å². The van der Waals surface area contributed by atoms with Gasteiger partial charge in [-0.2, -0.15) is 0 Å². The van der Waals surface area contributed by atoms with E-state index in [0.717, 1.165) is 13.1 Å². The minimum absolute atomic E-state index is 0.599. The van der Waals surface area contributed by atoms with Crippen LogP contribution in [-0.4, -0.2) is 6.54 Å². The van der Waals surface area contributed by atoms with Gasteiger partial charge in [-0.3, -0.25) is 0 Å². The van der Waals surface area contributed by atoms with Crippen LogP contribution in [0, 0.1) is 6.92 Å². The highest BCUT2D eigenvalue weighted by atomic mass is 15.1. The Hall–Kier alpha value is -1.80. The monoisotopic (exact) mass is 254 g/mol. The van der Waals surface area contributed by atoms with Crippen molar-refractivity contribution in [3.63, 3.8) is 0 Å². The molecule has 0 aromatic heterocycles. The largest absolute Gasteiger partial charge is 0.367 e. The molecule has 2 rings (SSSR count). The Balaban J connectivity index is 2.21. The smallest absolute Gasteiger partial charge is 0.0432 e. The lowest BCUT2D eigenvalue weighted by Crippen LogP contribution is -2.23. The van der Waals surface area contributed by atoms with Crippen LogP contribution in [-0.2, 0) is 13.1 Å². The number of hydrogen-bond acceptors (Lipinski definition) is 2. The van der Waals surface area contributed by atoms with E-state index in [0.29, 0.717) is 6.54 Å². The van der Waals surface area contributed by atoms with Crippen molar-refractivity contribution < 1.29 is 0 Å². The third-order valence-corrected chi connectivity index (χ3v) is 3.48. The van der Waals surface area contributed by atoms with Crippen LogP contribution in [0.25, 0.3) is 0 Å². The van der Waals surface area contributed by atoms with E-state index in [-0.39, 0.29) is 0 Å². The maximum absolute atomic E-state index is 5.81. The molecule has 2 aromatic carbocycles. The van der Waals surface area contributed by atoms with Gasteiger partial charge in [0.1, 0.15) is 0 Å². The van der Waals surface area contributed by atoms with Crippen LogP contribution < -0.4 is 10.6 Å². The van der Waals surface area contributed by atoms with Crippen LogP contribution in [0.15, 0.2) is 48.5 Å². The van der Waals surface area contributed by atoms with Gasteiger partial charge in [0.25, 0.3) is 0 Å². The van der Waals surface area contributed by atoms with E-state index in [1.165, 1.54) is 22.4 Å². The normalized spacial score (nSPS) is 10.5. The van der Waals surface area contributed by atoms with Crippen LogP contribution in [0.2, 0.25) is 0 Å². The van der Waals surface area contributed by atoms with Gasteiger partial charge in [0.15, 0.2) is 0 Å². The van der Waals surface area contributed by atoms with E-state index in [4.69, 9.17) is 5.73 Å². The highest BCUT2D eigenvalue weighted by molar-refractivity contribution is 5.48. The Morgan fingerprint density at radius 1 is 0.947 bits per heavy atom. The number of aryl methyl sites for hydroxylation is 1. The first-order valence-corrected chi connectivity index (χ1v) is 6.83. The van der Waals surface area contributed by atoms with Crippen molar-refractivity contribution in [1.82, 2.24) is 0 Å². The lowest BCUT2D eigenvalue weighted by Gasteiger charge is -2.24. The third kappa shape index (κ3) is 3.36. The second-order valence-electron chi connectivity index (χ2n) is 4.82. The first-order valence-electron chi connectivity index (χ1n) is 6.83. The molecule has 0 spiro atoms. The predicted octanol–water partition coefficient (Wildman–Crippen LogP) is 3.48. The van der Waals surface area contributed by atoms with Crippen molar-refractivity contribution in [2.75, 3.05) is 11.4 Å². The van der Waals surface area contributed by atoms with Crippen molar-refractivity contribution >= 4 is 5.69 Å². The summed E-state index contributed by atoms with van der Waals surface area (Å²) in [6.07, 6.45) is 0. The highest BCUT2D eigenvalue weighted by Gasteiger charge is 2.07. The molecule has 0 bridgehead atoms. The zero-order chi connectivity index (χ0) is 13.7. The first-order chi connectivity index (χ1) is 9.24. The van der Waals surface area contributed by atoms with E-state index in [1.807, 2.05) is 6.07 Å². The van der Waals surface area contributed by atoms with Crippen molar-refractivity contribution in [3.8, 4) is 0 Å². The number of rotatable bonds is 5. The van der Waals surface area contributed by atoms with Gasteiger partial charge in [-0.25, -0.2) is 0 Å². The van der Waals surface area contributed by atoms with Gasteiger partial charge in [0, 0.05) is 25.3 Å². The van der Waals surface area contributed by atoms with Gasteiger partial charge < -0.3 is 10.6 Å². The fourth-order valence-corrected chi connectivity index (χ4v) is 2.26.